The van der Waals surface area contributed by atoms with Gasteiger partial charge in [-0.2, -0.15) is 0 Å². The summed E-state index contributed by atoms with van der Waals surface area (Å²) in [4.78, 5) is 0. The lowest BCUT2D eigenvalue weighted by atomic mass is 9.71. The van der Waals surface area contributed by atoms with Crippen LogP contribution in [-0.2, 0) is 0 Å². The Morgan fingerprint density at radius 1 is 1.29 bits per heavy atom. The van der Waals surface area contributed by atoms with Crippen LogP contribution in [0.1, 0.15) is 51.9 Å². The van der Waals surface area contributed by atoms with Gasteiger partial charge in [-0.15, -0.1) is 0 Å². The zero-order chi connectivity index (χ0) is 9.76. The third kappa shape index (κ3) is 1.05. The Hall–Kier alpha value is -0.0400. The zero-order valence-electron chi connectivity index (χ0n) is 9.21. The van der Waals surface area contributed by atoms with Crippen molar-refractivity contribution >= 4 is 0 Å². The first kappa shape index (κ1) is 9.21. The highest BCUT2D eigenvalue weighted by Gasteiger charge is 2.59. The van der Waals surface area contributed by atoms with E-state index in [1.807, 2.05) is 0 Å². The van der Waals surface area contributed by atoms with E-state index < -0.39 is 0 Å². The summed E-state index contributed by atoms with van der Waals surface area (Å²) >= 11 is 0. The minimum Gasteiger partial charge on any atom is -0.390 e. The van der Waals surface area contributed by atoms with Gasteiger partial charge in [0.25, 0.3) is 0 Å². The highest BCUT2D eigenvalue weighted by molar-refractivity contribution is 5.09. The first-order chi connectivity index (χ1) is 6.74. The van der Waals surface area contributed by atoms with E-state index in [1.54, 1.807) is 0 Å². The molecule has 0 radical (unpaired) electrons. The maximum absolute atomic E-state index is 10.6. The van der Waals surface area contributed by atoms with E-state index >= 15 is 0 Å². The van der Waals surface area contributed by atoms with Gasteiger partial charge in [0.15, 0.2) is 0 Å². The molecule has 0 aromatic carbocycles. The molecule has 0 saturated heterocycles. The number of hydrogen-bond donors (Lipinski definition) is 1. The molecule has 3 aliphatic rings. The molecule has 80 valence electrons. The van der Waals surface area contributed by atoms with Crippen molar-refractivity contribution in [1.29, 1.82) is 0 Å². The maximum atomic E-state index is 10.6. The van der Waals surface area contributed by atoms with Gasteiger partial charge in [0.1, 0.15) is 0 Å². The Morgan fingerprint density at radius 2 is 2.07 bits per heavy atom. The van der Waals surface area contributed by atoms with E-state index in [0.717, 1.165) is 37.0 Å². The van der Waals surface area contributed by atoms with Crippen molar-refractivity contribution in [1.82, 2.24) is 0 Å². The maximum Gasteiger partial charge on any atom is 0.0681 e. The van der Waals surface area contributed by atoms with E-state index in [9.17, 15) is 5.11 Å². The van der Waals surface area contributed by atoms with Gasteiger partial charge in [-0.05, 0) is 55.8 Å². The summed E-state index contributed by atoms with van der Waals surface area (Å²) in [5, 5.41) is 10.6. The lowest BCUT2D eigenvalue weighted by Gasteiger charge is -2.39. The van der Waals surface area contributed by atoms with Crippen LogP contribution in [-0.4, -0.2) is 10.7 Å². The summed E-state index contributed by atoms with van der Waals surface area (Å²) in [6.07, 6.45) is 9.00. The van der Waals surface area contributed by atoms with Crippen LogP contribution in [0.3, 0.4) is 0 Å². The van der Waals surface area contributed by atoms with Crippen LogP contribution in [0.25, 0.3) is 0 Å². The molecule has 0 heterocycles. The molecule has 5 unspecified atom stereocenters. The summed E-state index contributed by atoms with van der Waals surface area (Å²) in [5.74, 6) is 3.49. The lowest BCUT2D eigenvalue weighted by Crippen LogP contribution is -2.41. The Balaban J connectivity index is 1.82. The molecule has 0 aliphatic heterocycles. The largest absolute Gasteiger partial charge is 0.390 e. The molecule has 1 nitrogen and oxygen atoms in total. The smallest absolute Gasteiger partial charge is 0.0681 e. The topological polar surface area (TPSA) is 20.2 Å². The first-order valence-electron chi connectivity index (χ1n) is 6.47. The van der Waals surface area contributed by atoms with Crippen LogP contribution in [0.4, 0.5) is 0 Å². The molecule has 0 spiro atoms. The van der Waals surface area contributed by atoms with Crippen molar-refractivity contribution in [3.05, 3.63) is 0 Å². The molecular formula is C13H22O. The molecule has 3 saturated carbocycles. The van der Waals surface area contributed by atoms with E-state index in [1.165, 1.54) is 25.7 Å². The fraction of sp³-hybridized carbons (Fsp3) is 1.00. The van der Waals surface area contributed by atoms with Gasteiger partial charge in [-0.1, -0.05) is 19.8 Å². The van der Waals surface area contributed by atoms with Crippen LogP contribution < -0.4 is 0 Å². The Bertz CT molecular complexity index is 237. The highest BCUT2D eigenvalue weighted by atomic mass is 16.3. The molecule has 14 heavy (non-hydrogen) atoms. The van der Waals surface area contributed by atoms with Crippen molar-refractivity contribution in [3.63, 3.8) is 0 Å². The molecule has 3 fully saturated rings. The van der Waals surface area contributed by atoms with Gasteiger partial charge in [-0.3, -0.25) is 0 Å². The lowest BCUT2D eigenvalue weighted by molar-refractivity contribution is -0.0523. The monoisotopic (exact) mass is 194 g/mol. The van der Waals surface area contributed by atoms with E-state index in [2.05, 4.69) is 6.92 Å². The van der Waals surface area contributed by atoms with Gasteiger partial charge in [0.2, 0.25) is 0 Å². The minimum absolute atomic E-state index is 0.245. The molecule has 0 aromatic rings. The van der Waals surface area contributed by atoms with Gasteiger partial charge >= 0.3 is 0 Å². The van der Waals surface area contributed by atoms with Crippen LogP contribution in [0.5, 0.6) is 0 Å². The molecule has 1 N–H and O–H groups in total. The second-order valence-corrected chi connectivity index (χ2v) is 5.92. The summed E-state index contributed by atoms with van der Waals surface area (Å²) in [5.41, 5.74) is -0.245. The van der Waals surface area contributed by atoms with Crippen molar-refractivity contribution in [2.24, 2.45) is 23.7 Å². The van der Waals surface area contributed by atoms with Crippen LogP contribution >= 0.6 is 0 Å². The summed E-state index contributed by atoms with van der Waals surface area (Å²) in [6.45, 7) is 2.20. The summed E-state index contributed by atoms with van der Waals surface area (Å²) in [7, 11) is 0. The number of aliphatic hydroxyl groups is 1. The molecule has 0 amide bonds. The number of fused-ring (bicyclic) bond motifs is 5. The van der Waals surface area contributed by atoms with Crippen molar-refractivity contribution in [3.8, 4) is 0 Å². The molecule has 2 bridgehead atoms. The second-order valence-electron chi connectivity index (χ2n) is 5.92. The molecule has 5 atom stereocenters. The Kier molecular flexibility index (Phi) is 1.96. The predicted molar refractivity (Wildman–Crippen MR) is 56.9 cm³/mol. The summed E-state index contributed by atoms with van der Waals surface area (Å²) in [6, 6.07) is 0. The van der Waals surface area contributed by atoms with Crippen LogP contribution in [0.15, 0.2) is 0 Å². The number of rotatable bonds is 2. The highest BCUT2D eigenvalue weighted by Crippen LogP contribution is 2.63. The number of hydrogen-bond acceptors (Lipinski definition) is 1. The van der Waals surface area contributed by atoms with E-state index in [-0.39, 0.29) is 5.60 Å². The average molecular weight is 194 g/mol. The van der Waals surface area contributed by atoms with Crippen LogP contribution in [0.2, 0.25) is 0 Å². The fourth-order valence-corrected chi connectivity index (χ4v) is 4.96. The minimum atomic E-state index is -0.245. The van der Waals surface area contributed by atoms with Crippen molar-refractivity contribution < 1.29 is 5.11 Å². The molecule has 0 aromatic heterocycles. The van der Waals surface area contributed by atoms with Crippen molar-refractivity contribution in [2.75, 3.05) is 0 Å². The third-order valence-electron chi connectivity index (χ3n) is 5.29. The first-order valence-corrected chi connectivity index (χ1v) is 6.47. The van der Waals surface area contributed by atoms with E-state index in [4.69, 9.17) is 0 Å². The molecule has 1 heteroatoms. The fourth-order valence-electron chi connectivity index (χ4n) is 4.96. The zero-order valence-corrected chi connectivity index (χ0v) is 9.21. The normalized spacial score (nSPS) is 55.3. The van der Waals surface area contributed by atoms with Crippen molar-refractivity contribution in [2.45, 2.75) is 57.5 Å². The molecular weight excluding hydrogens is 172 g/mol. The van der Waals surface area contributed by atoms with Gasteiger partial charge in [0.05, 0.1) is 5.60 Å². The predicted octanol–water partition coefficient (Wildman–Crippen LogP) is 2.97. The summed E-state index contributed by atoms with van der Waals surface area (Å²) < 4.78 is 0. The van der Waals surface area contributed by atoms with Gasteiger partial charge in [0, 0.05) is 0 Å². The van der Waals surface area contributed by atoms with Gasteiger partial charge in [-0.25, -0.2) is 0 Å². The molecule has 3 rings (SSSR count). The van der Waals surface area contributed by atoms with E-state index in [0.29, 0.717) is 5.92 Å². The Labute approximate surface area is 86.9 Å². The second kappa shape index (κ2) is 2.98. The molecule has 3 aliphatic carbocycles. The quantitative estimate of drug-likeness (QED) is 0.716. The SMILES string of the molecule is CCCC1(O)CC2CC1C1CCCC21. The third-order valence-corrected chi connectivity index (χ3v) is 5.29. The van der Waals surface area contributed by atoms with Crippen LogP contribution in [0, 0.1) is 23.7 Å². The Morgan fingerprint density at radius 3 is 2.86 bits per heavy atom. The average Bonchev–Trinajstić information content (AvgIpc) is 2.72. The van der Waals surface area contributed by atoms with Gasteiger partial charge < -0.3 is 5.11 Å². The standard InChI is InChI=1S/C13H22O/c1-2-6-13(14)8-9-7-12(13)11-5-3-4-10(9)11/h9-12,14H,2-8H2,1H3.